The van der Waals surface area contributed by atoms with E-state index in [1.807, 2.05) is 0 Å². The molecule has 0 aliphatic heterocycles. The van der Waals surface area contributed by atoms with Crippen LogP contribution in [0.5, 0.6) is 0 Å². The fraction of sp³-hybridized carbons (Fsp3) is 0.842. The van der Waals surface area contributed by atoms with Crippen LogP contribution in [0.25, 0.3) is 0 Å². The maximum absolute atomic E-state index is 12.6. The number of rotatable bonds is 9. The maximum Gasteiger partial charge on any atom is 0.306 e. The molecule has 8 heteroatoms. The van der Waals surface area contributed by atoms with Gasteiger partial charge in [0.05, 0.1) is 32.3 Å². The molecule has 46 heavy (non-hydrogen) atoms. The molecule has 2 N–H and O–H groups in total. The smallest absolute Gasteiger partial charge is 0.306 e. The highest BCUT2D eigenvalue weighted by atomic mass is 16.5. The minimum atomic E-state index is -0.979. The Bertz CT molecular complexity index is 1300. The first-order chi connectivity index (χ1) is 21.3. The summed E-state index contributed by atoms with van der Waals surface area (Å²) in [6, 6.07) is 0. The third-order valence-corrected chi connectivity index (χ3v) is 14.7. The number of carboxylic acids is 2. The van der Waals surface area contributed by atoms with E-state index in [9.17, 15) is 19.2 Å². The first kappa shape index (κ1) is 34.9. The van der Waals surface area contributed by atoms with E-state index in [1.54, 1.807) is 11.1 Å². The van der Waals surface area contributed by atoms with Crippen LogP contribution >= 0.6 is 0 Å². The van der Waals surface area contributed by atoms with Crippen LogP contribution in [0.1, 0.15) is 145 Å². The molecule has 0 saturated heterocycles. The molecule has 0 heterocycles. The monoisotopic (exact) mass is 642 g/mol. The number of carbonyl (C=O) groups is 4. The van der Waals surface area contributed by atoms with Gasteiger partial charge in [-0.05, 0) is 104 Å². The van der Waals surface area contributed by atoms with Crippen LogP contribution < -0.4 is 0 Å². The van der Waals surface area contributed by atoms with Crippen molar-refractivity contribution in [3.63, 3.8) is 0 Å². The molecule has 5 rings (SSSR count). The van der Waals surface area contributed by atoms with Crippen molar-refractivity contribution in [2.24, 2.45) is 44.3 Å². The largest absolute Gasteiger partial charge is 0.481 e. The molecule has 0 bridgehead atoms. The standard InChI is InChI=1S/C38H58O8/c1-33(2)26-9-8-25-24(36(26,5)16-15-28(33)46-32(44)13-11-30(41)42)14-17-38(7)27-22-34(3,23-45-31(43)12-10-29(39)40)18-19-35(27,4)20-21-37(25,38)6/h26-28H,8-23H2,1-7H3,(H,39,40)(H,41,42)/t26-,27+,28-,34+,35+,36+,37+,38-/m0/s1. The maximum atomic E-state index is 12.6. The molecule has 0 aromatic carbocycles. The lowest BCUT2D eigenvalue weighted by Crippen LogP contribution is -2.61. The molecule has 0 unspecified atom stereocenters. The lowest BCUT2D eigenvalue weighted by molar-refractivity contribution is -0.177. The molecule has 258 valence electrons. The van der Waals surface area contributed by atoms with Gasteiger partial charge in [-0.2, -0.15) is 0 Å². The molecule has 0 aromatic heterocycles. The number of allylic oxidation sites excluding steroid dienone is 2. The molecular weight excluding hydrogens is 584 g/mol. The van der Waals surface area contributed by atoms with Crippen LogP contribution in [0.3, 0.4) is 0 Å². The SMILES string of the molecule is CC1(C)[C@@H](OC(=O)CCC(=O)O)CC[C@]2(C)C3=C(CC[C@@H]12)[C@@]1(C)CC[C@@]2(C)CC[C@@](C)(COC(=O)CCC(=O)O)C[C@H]2[C@]1(C)CC3. The second-order valence-electron chi connectivity index (χ2n) is 17.7. The summed E-state index contributed by atoms with van der Waals surface area (Å²) in [5.74, 6) is -1.88. The van der Waals surface area contributed by atoms with Gasteiger partial charge in [0.15, 0.2) is 0 Å². The van der Waals surface area contributed by atoms with E-state index in [-0.39, 0.29) is 64.3 Å². The lowest BCUT2D eigenvalue weighted by Gasteiger charge is -2.69. The zero-order valence-electron chi connectivity index (χ0n) is 29.4. The highest BCUT2D eigenvalue weighted by molar-refractivity contribution is 5.77. The Balaban J connectivity index is 1.37. The summed E-state index contributed by atoms with van der Waals surface area (Å²) in [4.78, 5) is 46.9. The van der Waals surface area contributed by atoms with Crippen molar-refractivity contribution in [3.8, 4) is 0 Å². The highest BCUT2D eigenvalue weighted by Gasteiger charge is 2.66. The van der Waals surface area contributed by atoms with Crippen molar-refractivity contribution >= 4 is 23.9 Å². The van der Waals surface area contributed by atoms with Crippen molar-refractivity contribution in [1.82, 2.24) is 0 Å². The van der Waals surface area contributed by atoms with E-state index in [4.69, 9.17) is 19.7 Å². The van der Waals surface area contributed by atoms with Crippen molar-refractivity contribution < 1.29 is 38.9 Å². The highest BCUT2D eigenvalue weighted by Crippen LogP contribution is 2.75. The van der Waals surface area contributed by atoms with Gasteiger partial charge in [-0.3, -0.25) is 19.2 Å². The van der Waals surface area contributed by atoms with Gasteiger partial charge in [0, 0.05) is 10.8 Å². The van der Waals surface area contributed by atoms with E-state index in [0.717, 1.165) is 57.8 Å². The zero-order chi connectivity index (χ0) is 33.9. The molecular formula is C38H58O8. The quantitative estimate of drug-likeness (QED) is 0.191. The number of aliphatic carboxylic acids is 2. The normalized spacial score (nSPS) is 41.2. The molecule has 0 amide bonds. The molecule has 8 nitrogen and oxygen atoms in total. The molecule has 5 aliphatic rings. The second-order valence-corrected chi connectivity index (χ2v) is 17.7. The predicted octanol–water partition coefficient (Wildman–Crippen LogP) is 8.12. The Kier molecular flexibility index (Phi) is 9.07. The number of hydrogen-bond donors (Lipinski definition) is 2. The fourth-order valence-electron chi connectivity index (χ4n) is 11.6. The topological polar surface area (TPSA) is 127 Å². The molecule has 0 spiro atoms. The van der Waals surface area contributed by atoms with Crippen molar-refractivity contribution in [3.05, 3.63) is 11.1 Å². The average Bonchev–Trinajstić information content (AvgIpc) is 2.97. The zero-order valence-corrected chi connectivity index (χ0v) is 29.4. The number of ether oxygens (including phenoxy) is 2. The summed E-state index contributed by atoms with van der Waals surface area (Å²) < 4.78 is 11.7. The Morgan fingerprint density at radius 3 is 1.98 bits per heavy atom. The van der Waals surface area contributed by atoms with Gasteiger partial charge < -0.3 is 19.7 Å². The van der Waals surface area contributed by atoms with Crippen LogP contribution in [0, 0.1) is 44.3 Å². The van der Waals surface area contributed by atoms with Crippen LogP contribution in [0.4, 0.5) is 0 Å². The van der Waals surface area contributed by atoms with Gasteiger partial charge in [-0.15, -0.1) is 0 Å². The number of hydrogen-bond acceptors (Lipinski definition) is 6. The summed E-state index contributed by atoms with van der Waals surface area (Å²) in [7, 11) is 0. The Morgan fingerprint density at radius 1 is 0.696 bits per heavy atom. The number of esters is 2. The summed E-state index contributed by atoms with van der Waals surface area (Å²) in [5.41, 5.74) is 3.58. The third kappa shape index (κ3) is 5.82. The molecule has 0 aromatic rings. The summed E-state index contributed by atoms with van der Waals surface area (Å²) in [5, 5.41) is 18.0. The van der Waals surface area contributed by atoms with E-state index < -0.39 is 23.9 Å². The molecule has 0 radical (unpaired) electrons. The molecule has 5 aliphatic carbocycles. The molecule has 3 saturated carbocycles. The minimum Gasteiger partial charge on any atom is -0.481 e. The summed E-state index contributed by atoms with van der Waals surface area (Å²) in [6.07, 6.45) is 11.0. The molecule has 3 fully saturated rings. The number of carboxylic acid groups (broad SMARTS) is 2. The van der Waals surface area contributed by atoms with Gasteiger partial charge in [0.25, 0.3) is 0 Å². The minimum absolute atomic E-state index is 0.0530. The van der Waals surface area contributed by atoms with Crippen molar-refractivity contribution in [2.75, 3.05) is 6.61 Å². The number of carbonyl (C=O) groups excluding carboxylic acids is 2. The predicted molar refractivity (Wildman–Crippen MR) is 174 cm³/mol. The Morgan fingerprint density at radius 2 is 1.33 bits per heavy atom. The Hall–Kier alpha value is -2.38. The van der Waals surface area contributed by atoms with Gasteiger partial charge in [-0.25, -0.2) is 0 Å². The van der Waals surface area contributed by atoms with Crippen LogP contribution in [-0.2, 0) is 28.7 Å². The summed E-state index contributed by atoms with van der Waals surface area (Å²) in [6.45, 7) is 17.2. The third-order valence-electron chi connectivity index (χ3n) is 14.7. The summed E-state index contributed by atoms with van der Waals surface area (Å²) >= 11 is 0. The van der Waals surface area contributed by atoms with Gasteiger partial charge in [0.2, 0.25) is 0 Å². The van der Waals surface area contributed by atoms with Gasteiger partial charge in [0.1, 0.15) is 6.10 Å². The van der Waals surface area contributed by atoms with Crippen LogP contribution in [-0.4, -0.2) is 46.8 Å². The average molecular weight is 643 g/mol. The van der Waals surface area contributed by atoms with Crippen LogP contribution in [0.2, 0.25) is 0 Å². The van der Waals surface area contributed by atoms with Crippen LogP contribution in [0.15, 0.2) is 11.1 Å². The van der Waals surface area contributed by atoms with E-state index in [2.05, 4.69) is 48.5 Å². The first-order valence-electron chi connectivity index (χ1n) is 17.8. The van der Waals surface area contributed by atoms with Crippen molar-refractivity contribution in [2.45, 2.75) is 151 Å². The van der Waals surface area contributed by atoms with Gasteiger partial charge in [-0.1, -0.05) is 59.6 Å². The lowest BCUT2D eigenvalue weighted by atomic mass is 9.35. The fourth-order valence-corrected chi connectivity index (χ4v) is 11.6. The second kappa shape index (κ2) is 11.9. The van der Waals surface area contributed by atoms with E-state index in [0.29, 0.717) is 18.4 Å². The Labute approximate surface area is 275 Å². The van der Waals surface area contributed by atoms with E-state index in [1.165, 1.54) is 12.8 Å². The van der Waals surface area contributed by atoms with E-state index >= 15 is 0 Å². The molecule has 8 atom stereocenters. The first-order valence-corrected chi connectivity index (χ1v) is 17.8. The number of fused-ring (bicyclic) bond motifs is 6. The van der Waals surface area contributed by atoms with Crippen molar-refractivity contribution in [1.29, 1.82) is 0 Å². The van der Waals surface area contributed by atoms with Gasteiger partial charge >= 0.3 is 23.9 Å².